The lowest BCUT2D eigenvalue weighted by Crippen LogP contribution is -2.61. The number of aliphatic carboxylic acids is 1. The van der Waals surface area contributed by atoms with Crippen molar-refractivity contribution in [2.24, 2.45) is 0 Å². The molecule has 13 heteroatoms. The van der Waals surface area contributed by atoms with Crippen LogP contribution in [-0.2, 0) is 19.1 Å². The number of aryl methyl sites for hydroxylation is 1. The van der Waals surface area contributed by atoms with Crippen LogP contribution >= 0.6 is 0 Å². The number of rotatable bonds is 11. The first-order valence-electron chi connectivity index (χ1n) is 13.7. The maximum Gasteiger partial charge on any atom is 0.410 e. The molecule has 3 atom stereocenters. The van der Waals surface area contributed by atoms with E-state index >= 15 is 0 Å². The number of benzene rings is 1. The summed E-state index contributed by atoms with van der Waals surface area (Å²) in [6, 6.07) is 6.68. The highest BCUT2D eigenvalue weighted by molar-refractivity contribution is 5.99. The molecule has 220 valence electrons. The van der Waals surface area contributed by atoms with Crippen molar-refractivity contribution in [3.63, 3.8) is 0 Å². The van der Waals surface area contributed by atoms with Crippen LogP contribution in [0, 0.1) is 6.92 Å². The molecule has 3 N–H and O–H groups in total. The van der Waals surface area contributed by atoms with Gasteiger partial charge in [-0.05, 0) is 20.3 Å². The second kappa shape index (κ2) is 14.0. The van der Waals surface area contributed by atoms with Gasteiger partial charge in [-0.3, -0.25) is 19.3 Å². The predicted molar refractivity (Wildman–Crippen MR) is 146 cm³/mol. The van der Waals surface area contributed by atoms with Gasteiger partial charge >= 0.3 is 12.1 Å². The number of Topliss-reactive ketones (excluding diaryl/α,β-unsaturated/α-hetero) is 1. The number of amides is 2. The average molecular weight is 570 g/mol. The molecule has 13 nitrogen and oxygen atoms in total. The second-order valence-corrected chi connectivity index (χ2v) is 9.86. The van der Waals surface area contributed by atoms with Crippen LogP contribution in [0.15, 0.2) is 30.3 Å². The summed E-state index contributed by atoms with van der Waals surface area (Å²) in [4.78, 5) is 61.3. The smallest absolute Gasteiger partial charge is 0.410 e. The van der Waals surface area contributed by atoms with Crippen molar-refractivity contribution in [3.05, 3.63) is 41.6 Å². The van der Waals surface area contributed by atoms with Crippen LogP contribution < -0.4 is 15.4 Å². The lowest BCUT2D eigenvalue weighted by Gasteiger charge is -2.36. The van der Waals surface area contributed by atoms with Gasteiger partial charge in [-0.15, -0.1) is 0 Å². The monoisotopic (exact) mass is 569 g/mol. The van der Waals surface area contributed by atoms with Gasteiger partial charge in [-0.2, -0.15) is 4.98 Å². The van der Waals surface area contributed by atoms with E-state index in [2.05, 4.69) is 20.6 Å². The number of aromatic nitrogens is 2. The van der Waals surface area contributed by atoms with Crippen molar-refractivity contribution in [1.82, 2.24) is 25.5 Å². The van der Waals surface area contributed by atoms with E-state index in [1.165, 1.54) is 11.0 Å². The molecule has 2 unspecified atom stereocenters. The summed E-state index contributed by atoms with van der Waals surface area (Å²) in [5, 5.41) is 15.0. The maximum atomic E-state index is 13.6. The van der Waals surface area contributed by atoms with Gasteiger partial charge in [0, 0.05) is 44.1 Å². The number of carboxylic acids is 1. The summed E-state index contributed by atoms with van der Waals surface area (Å²) in [7, 11) is 0. The van der Waals surface area contributed by atoms with Gasteiger partial charge in [0.2, 0.25) is 5.88 Å². The van der Waals surface area contributed by atoms with Gasteiger partial charge in [0.1, 0.15) is 17.8 Å². The molecule has 2 aliphatic rings. The van der Waals surface area contributed by atoms with Crippen molar-refractivity contribution in [1.29, 1.82) is 0 Å². The van der Waals surface area contributed by atoms with Gasteiger partial charge in [-0.25, -0.2) is 9.78 Å². The highest BCUT2D eigenvalue weighted by Gasteiger charge is 2.37. The van der Waals surface area contributed by atoms with Crippen molar-refractivity contribution in [2.75, 3.05) is 39.5 Å². The van der Waals surface area contributed by atoms with E-state index in [0.717, 1.165) is 5.56 Å². The molecule has 0 aliphatic carbocycles. The van der Waals surface area contributed by atoms with E-state index in [1.807, 2.05) is 31.2 Å². The second-order valence-electron chi connectivity index (χ2n) is 9.86. The van der Waals surface area contributed by atoms with Crippen molar-refractivity contribution < 1.29 is 38.5 Å². The fraction of sp³-hybridized carbons (Fsp3) is 0.500. The molecule has 4 rings (SSSR count). The third-order valence-corrected chi connectivity index (χ3v) is 6.79. The van der Waals surface area contributed by atoms with Crippen LogP contribution in [0.1, 0.15) is 42.2 Å². The minimum absolute atomic E-state index is 0.0540. The average Bonchev–Trinajstić information content (AvgIpc) is 3.48. The number of ketones is 1. The molecule has 41 heavy (non-hydrogen) atoms. The SMILES string of the molecule is CCOC(=O)N1CCNCC1C(=O)[C@H](CCC(=O)O)NC(=O)c1cc(OC2CCOC2)nc(-c2ccc(C)cc2)n1. The van der Waals surface area contributed by atoms with E-state index in [0.29, 0.717) is 31.7 Å². The van der Waals surface area contributed by atoms with Gasteiger partial charge < -0.3 is 30.0 Å². The summed E-state index contributed by atoms with van der Waals surface area (Å²) in [6.45, 7) is 5.53. The lowest BCUT2D eigenvalue weighted by molar-refractivity contribution is -0.137. The van der Waals surface area contributed by atoms with E-state index in [1.54, 1.807) is 6.92 Å². The van der Waals surface area contributed by atoms with Crippen molar-refractivity contribution >= 4 is 23.8 Å². The molecule has 2 saturated heterocycles. The van der Waals surface area contributed by atoms with E-state index in [-0.39, 0.29) is 56.0 Å². The fourth-order valence-corrected chi connectivity index (χ4v) is 4.61. The van der Waals surface area contributed by atoms with Gasteiger partial charge in [0.15, 0.2) is 11.6 Å². The Bertz CT molecular complexity index is 1250. The predicted octanol–water partition coefficient (Wildman–Crippen LogP) is 1.58. The Morgan fingerprint density at radius 3 is 2.68 bits per heavy atom. The van der Waals surface area contributed by atoms with Crippen molar-refractivity contribution in [2.45, 2.75) is 51.3 Å². The van der Waals surface area contributed by atoms with Crippen LogP contribution in [-0.4, -0.2) is 101 Å². The number of piperazine rings is 1. The number of carbonyl (C=O) groups is 4. The fourth-order valence-electron chi connectivity index (χ4n) is 4.61. The molecule has 2 fully saturated rings. The lowest BCUT2D eigenvalue weighted by atomic mass is 9.98. The molecule has 0 bridgehead atoms. The maximum absolute atomic E-state index is 13.6. The Morgan fingerprint density at radius 2 is 2.00 bits per heavy atom. The zero-order valence-corrected chi connectivity index (χ0v) is 23.1. The highest BCUT2D eigenvalue weighted by Crippen LogP contribution is 2.22. The Labute approximate surface area is 237 Å². The zero-order chi connectivity index (χ0) is 29.4. The van der Waals surface area contributed by atoms with Crippen LogP contribution in [0.2, 0.25) is 0 Å². The highest BCUT2D eigenvalue weighted by atomic mass is 16.6. The third kappa shape index (κ3) is 7.98. The molecule has 0 radical (unpaired) electrons. The Balaban J connectivity index is 1.61. The van der Waals surface area contributed by atoms with Crippen molar-refractivity contribution in [3.8, 4) is 17.3 Å². The largest absolute Gasteiger partial charge is 0.481 e. The summed E-state index contributed by atoms with van der Waals surface area (Å²) in [6.07, 6.45) is -0.754. The number of carbonyl (C=O) groups excluding carboxylic acids is 3. The Morgan fingerprint density at radius 1 is 1.22 bits per heavy atom. The van der Waals surface area contributed by atoms with Gasteiger partial charge in [0.25, 0.3) is 5.91 Å². The number of nitrogens with one attached hydrogen (secondary N) is 2. The third-order valence-electron chi connectivity index (χ3n) is 6.79. The van der Waals surface area contributed by atoms with E-state index in [4.69, 9.17) is 14.2 Å². The molecule has 3 heterocycles. The number of hydrogen-bond donors (Lipinski definition) is 3. The molecule has 2 aromatic rings. The first kappa shape index (κ1) is 29.9. The summed E-state index contributed by atoms with van der Waals surface area (Å²) >= 11 is 0. The topological polar surface area (TPSA) is 169 Å². The summed E-state index contributed by atoms with van der Waals surface area (Å²) < 4.78 is 16.5. The molecule has 0 saturated carbocycles. The minimum Gasteiger partial charge on any atom is -0.481 e. The van der Waals surface area contributed by atoms with Crippen LogP contribution in [0.25, 0.3) is 11.4 Å². The Kier molecular flexibility index (Phi) is 10.2. The molecule has 1 aromatic heterocycles. The van der Waals surface area contributed by atoms with Gasteiger partial charge in [0.05, 0.1) is 25.9 Å². The van der Waals surface area contributed by atoms with Crippen LogP contribution in [0.3, 0.4) is 0 Å². The van der Waals surface area contributed by atoms with Gasteiger partial charge in [-0.1, -0.05) is 29.8 Å². The Hall–Kier alpha value is -4.10. The van der Waals surface area contributed by atoms with E-state index in [9.17, 15) is 24.3 Å². The summed E-state index contributed by atoms with van der Waals surface area (Å²) in [5.41, 5.74) is 1.65. The molecule has 2 aliphatic heterocycles. The molecule has 1 aromatic carbocycles. The number of hydrogen-bond acceptors (Lipinski definition) is 10. The van der Waals surface area contributed by atoms with Crippen LogP contribution in [0.5, 0.6) is 5.88 Å². The number of carboxylic acid groups (broad SMARTS) is 1. The molecular weight excluding hydrogens is 534 g/mol. The molecule has 0 spiro atoms. The van der Waals surface area contributed by atoms with E-state index < -0.39 is 35.8 Å². The quantitative estimate of drug-likeness (QED) is 0.359. The standard InChI is InChI=1S/C28H35N5O8/c1-3-40-28(38)33-12-11-29-15-22(33)25(36)20(8-9-24(34)35)31-27(37)21-14-23(41-19-10-13-39-16-19)32-26(30-21)18-6-4-17(2)5-7-18/h4-7,14,19-20,22,29H,3,8-13,15-16H2,1-2H3,(H,31,37)(H,34,35)/t19?,20-,22?/m0/s1. The minimum atomic E-state index is -1.20. The number of nitrogens with zero attached hydrogens (tertiary/aromatic N) is 3. The molecular formula is C28H35N5O8. The first-order valence-corrected chi connectivity index (χ1v) is 13.7. The number of ether oxygens (including phenoxy) is 3. The first-order chi connectivity index (χ1) is 19.7. The summed E-state index contributed by atoms with van der Waals surface area (Å²) in [5.74, 6) is -1.91. The zero-order valence-electron chi connectivity index (χ0n) is 23.1. The van der Waals surface area contributed by atoms with Crippen LogP contribution in [0.4, 0.5) is 4.79 Å². The molecule has 2 amide bonds. The normalized spacial score (nSPS) is 19.3.